The minimum atomic E-state index is -0.0500. The number of hydrogen-bond donors (Lipinski definition) is 2. The number of nitrogens with one attached hydrogen (secondary N) is 2. The van der Waals surface area contributed by atoms with E-state index in [2.05, 4.69) is 15.6 Å². The molecule has 2 aromatic rings. The third kappa shape index (κ3) is 7.75. The number of rotatable bonds is 8. The van der Waals surface area contributed by atoms with Crippen LogP contribution in [0.25, 0.3) is 0 Å². The molecule has 2 aromatic carbocycles. The highest BCUT2D eigenvalue weighted by atomic mass is 127. The van der Waals surface area contributed by atoms with Crippen LogP contribution in [0.5, 0.6) is 5.75 Å². The molecule has 0 saturated carbocycles. The summed E-state index contributed by atoms with van der Waals surface area (Å²) in [4.78, 5) is 18.1. The number of guanidine groups is 1. The van der Waals surface area contributed by atoms with Crippen molar-refractivity contribution in [2.75, 3.05) is 33.8 Å². The lowest BCUT2D eigenvalue weighted by Gasteiger charge is -2.22. The molecule has 28 heavy (non-hydrogen) atoms. The Kier molecular flexibility index (Phi) is 11.0. The van der Waals surface area contributed by atoms with E-state index in [-0.39, 0.29) is 29.9 Å². The zero-order valence-corrected chi connectivity index (χ0v) is 19.0. The number of para-hydroxylation sites is 1. The topological polar surface area (TPSA) is 66.0 Å². The predicted molar refractivity (Wildman–Crippen MR) is 125 cm³/mol. The SMILES string of the molecule is CCNC(=O)c1ccc(CNC(=NC)N(C)CCOc2ccccc2)cc1.I. The van der Waals surface area contributed by atoms with Crippen molar-refractivity contribution < 1.29 is 9.53 Å². The molecule has 7 heteroatoms. The van der Waals surface area contributed by atoms with Gasteiger partial charge in [-0.05, 0) is 36.8 Å². The molecule has 0 saturated heterocycles. The smallest absolute Gasteiger partial charge is 0.251 e. The molecule has 0 radical (unpaired) electrons. The summed E-state index contributed by atoms with van der Waals surface area (Å²) in [6, 6.07) is 17.3. The van der Waals surface area contributed by atoms with Crippen LogP contribution in [-0.2, 0) is 6.54 Å². The lowest BCUT2D eigenvalue weighted by atomic mass is 10.1. The van der Waals surface area contributed by atoms with Crippen LogP contribution in [0.1, 0.15) is 22.8 Å². The molecule has 0 aromatic heterocycles. The normalized spacial score (nSPS) is 10.6. The van der Waals surface area contributed by atoms with Gasteiger partial charge in [0, 0.05) is 32.7 Å². The highest BCUT2D eigenvalue weighted by Crippen LogP contribution is 2.08. The fraction of sp³-hybridized carbons (Fsp3) is 0.333. The number of amides is 1. The first-order valence-electron chi connectivity index (χ1n) is 9.10. The van der Waals surface area contributed by atoms with Crippen LogP contribution in [-0.4, -0.2) is 50.6 Å². The second-order valence-corrected chi connectivity index (χ2v) is 6.04. The number of hydrogen-bond acceptors (Lipinski definition) is 3. The van der Waals surface area contributed by atoms with Gasteiger partial charge in [0.1, 0.15) is 12.4 Å². The van der Waals surface area contributed by atoms with Gasteiger partial charge in [-0.1, -0.05) is 30.3 Å². The van der Waals surface area contributed by atoms with Gasteiger partial charge in [-0.2, -0.15) is 0 Å². The highest BCUT2D eigenvalue weighted by molar-refractivity contribution is 14.0. The average molecular weight is 496 g/mol. The Morgan fingerprint density at radius 1 is 1.07 bits per heavy atom. The molecule has 0 unspecified atom stereocenters. The number of aliphatic imine (C=N–C) groups is 1. The van der Waals surface area contributed by atoms with Gasteiger partial charge in [0.15, 0.2) is 5.96 Å². The Morgan fingerprint density at radius 2 is 1.75 bits per heavy atom. The van der Waals surface area contributed by atoms with E-state index in [0.717, 1.165) is 17.3 Å². The Balaban J connectivity index is 0.00000392. The van der Waals surface area contributed by atoms with Gasteiger partial charge in [-0.3, -0.25) is 9.79 Å². The summed E-state index contributed by atoms with van der Waals surface area (Å²) < 4.78 is 5.73. The van der Waals surface area contributed by atoms with Crippen molar-refractivity contribution in [1.82, 2.24) is 15.5 Å². The molecule has 0 spiro atoms. The van der Waals surface area contributed by atoms with Crippen molar-refractivity contribution in [3.63, 3.8) is 0 Å². The van der Waals surface area contributed by atoms with Crippen molar-refractivity contribution in [2.24, 2.45) is 4.99 Å². The first-order valence-corrected chi connectivity index (χ1v) is 9.10. The van der Waals surface area contributed by atoms with E-state index in [4.69, 9.17) is 4.74 Å². The first kappa shape index (κ1) is 23.7. The Hall–Kier alpha value is -2.29. The molecule has 6 nitrogen and oxygen atoms in total. The molecular weight excluding hydrogens is 467 g/mol. The van der Waals surface area contributed by atoms with Gasteiger partial charge in [-0.25, -0.2) is 0 Å². The van der Waals surface area contributed by atoms with E-state index in [1.165, 1.54) is 0 Å². The molecule has 152 valence electrons. The van der Waals surface area contributed by atoms with Crippen LogP contribution in [0.15, 0.2) is 59.6 Å². The summed E-state index contributed by atoms with van der Waals surface area (Å²) in [6.45, 7) is 4.45. The second-order valence-electron chi connectivity index (χ2n) is 6.04. The zero-order chi connectivity index (χ0) is 19.5. The molecule has 0 heterocycles. The van der Waals surface area contributed by atoms with Crippen molar-refractivity contribution >= 4 is 35.8 Å². The second kappa shape index (κ2) is 13.0. The predicted octanol–water partition coefficient (Wildman–Crippen LogP) is 3.14. The lowest BCUT2D eigenvalue weighted by molar-refractivity contribution is 0.0956. The number of ether oxygens (including phenoxy) is 1. The summed E-state index contributed by atoms with van der Waals surface area (Å²) in [5.41, 5.74) is 1.75. The van der Waals surface area contributed by atoms with Gasteiger partial charge in [0.25, 0.3) is 5.91 Å². The molecular formula is C21H29IN4O2. The number of carbonyl (C=O) groups excluding carboxylic acids is 1. The Bertz CT molecular complexity index is 736. The number of likely N-dealkylation sites (N-methyl/N-ethyl adjacent to an activating group) is 1. The van der Waals surface area contributed by atoms with Gasteiger partial charge in [0.05, 0.1) is 6.54 Å². The summed E-state index contributed by atoms with van der Waals surface area (Å²) in [5.74, 6) is 1.60. The average Bonchev–Trinajstić information content (AvgIpc) is 2.70. The molecule has 2 rings (SSSR count). The largest absolute Gasteiger partial charge is 0.492 e. The minimum Gasteiger partial charge on any atom is -0.492 e. The number of nitrogens with zero attached hydrogens (tertiary/aromatic N) is 2. The summed E-state index contributed by atoms with van der Waals surface area (Å²) in [6.07, 6.45) is 0. The highest BCUT2D eigenvalue weighted by Gasteiger charge is 2.07. The number of halogens is 1. The lowest BCUT2D eigenvalue weighted by Crippen LogP contribution is -2.40. The third-order valence-corrected chi connectivity index (χ3v) is 4.02. The van der Waals surface area contributed by atoms with E-state index in [0.29, 0.717) is 31.8 Å². The van der Waals surface area contributed by atoms with Crippen molar-refractivity contribution in [3.05, 3.63) is 65.7 Å². The van der Waals surface area contributed by atoms with E-state index in [9.17, 15) is 4.79 Å². The van der Waals surface area contributed by atoms with Crippen molar-refractivity contribution in [1.29, 1.82) is 0 Å². The van der Waals surface area contributed by atoms with Gasteiger partial charge in [0.2, 0.25) is 0 Å². The maximum absolute atomic E-state index is 11.8. The van der Waals surface area contributed by atoms with E-state index < -0.39 is 0 Å². The van der Waals surface area contributed by atoms with Gasteiger partial charge < -0.3 is 20.3 Å². The van der Waals surface area contributed by atoms with Crippen LogP contribution >= 0.6 is 24.0 Å². The maximum atomic E-state index is 11.8. The molecule has 0 aliphatic heterocycles. The maximum Gasteiger partial charge on any atom is 0.251 e. The number of benzene rings is 2. The quantitative estimate of drug-likeness (QED) is 0.335. The summed E-state index contributed by atoms with van der Waals surface area (Å²) in [5, 5.41) is 6.12. The Labute approximate surface area is 184 Å². The molecule has 2 N–H and O–H groups in total. The van der Waals surface area contributed by atoms with E-state index in [1.54, 1.807) is 7.05 Å². The van der Waals surface area contributed by atoms with E-state index in [1.807, 2.05) is 73.5 Å². The summed E-state index contributed by atoms with van der Waals surface area (Å²) in [7, 11) is 3.73. The Morgan fingerprint density at radius 3 is 2.36 bits per heavy atom. The van der Waals surface area contributed by atoms with Crippen LogP contribution < -0.4 is 15.4 Å². The van der Waals surface area contributed by atoms with Gasteiger partial charge >= 0.3 is 0 Å². The first-order chi connectivity index (χ1) is 13.1. The molecule has 1 amide bonds. The van der Waals surface area contributed by atoms with Crippen molar-refractivity contribution in [2.45, 2.75) is 13.5 Å². The molecule has 0 atom stereocenters. The molecule has 0 bridgehead atoms. The minimum absolute atomic E-state index is 0. The standard InChI is InChI=1S/C21H28N4O2.HI/c1-4-23-20(26)18-12-10-17(11-13-18)16-24-21(22-2)25(3)14-15-27-19-8-6-5-7-9-19;/h5-13H,4,14-16H2,1-3H3,(H,22,24)(H,23,26);1H. The summed E-state index contributed by atoms with van der Waals surface area (Å²) >= 11 is 0. The molecule has 0 aliphatic rings. The van der Waals surface area contributed by atoms with Crippen LogP contribution in [0.4, 0.5) is 0 Å². The number of carbonyl (C=O) groups is 1. The van der Waals surface area contributed by atoms with Gasteiger partial charge in [-0.15, -0.1) is 24.0 Å². The van der Waals surface area contributed by atoms with Crippen LogP contribution in [0.2, 0.25) is 0 Å². The molecule has 0 aliphatic carbocycles. The monoisotopic (exact) mass is 496 g/mol. The third-order valence-electron chi connectivity index (χ3n) is 4.02. The van der Waals surface area contributed by atoms with E-state index >= 15 is 0 Å². The fourth-order valence-corrected chi connectivity index (χ4v) is 2.53. The zero-order valence-electron chi connectivity index (χ0n) is 16.6. The fourth-order valence-electron chi connectivity index (χ4n) is 2.53. The van der Waals surface area contributed by atoms with Crippen molar-refractivity contribution in [3.8, 4) is 5.75 Å². The molecule has 0 fully saturated rings. The van der Waals surface area contributed by atoms with Crippen LogP contribution in [0, 0.1) is 0 Å². The van der Waals surface area contributed by atoms with Crippen LogP contribution in [0.3, 0.4) is 0 Å².